The van der Waals surface area contributed by atoms with E-state index in [9.17, 15) is 18.2 Å². The predicted octanol–water partition coefficient (Wildman–Crippen LogP) is 3.04. The van der Waals surface area contributed by atoms with E-state index in [1.54, 1.807) is 42.6 Å². The molecule has 9 heteroatoms. The fourth-order valence-electron chi connectivity index (χ4n) is 3.40. The van der Waals surface area contributed by atoms with Gasteiger partial charge < -0.3 is 14.8 Å². The van der Waals surface area contributed by atoms with Crippen LogP contribution in [0.1, 0.15) is 31.8 Å². The van der Waals surface area contributed by atoms with Crippen LogP contribution in [0.25, 0.3) is 0 Å². The van der Waals surface area contributed by atoms with Crippen molar-refractivity contribution in [1.29, 1.82) is 0 Å². The van der Waals surface area contributed by atoms with Gasteiger partial charge in [0, 0.05) is 29.9 Å². The van der Waals surface area contributed by atoms with Gasteiger partial charge in [0.15, 0.2) is 5.78 Å². The number of aromatic nitrogens is 1. The molecule has 1 aliphatic heterocycles. The molecule has 7 nitrogen and oxygen atoms in total. The number of anilines is 1. The van der Waals surface area contributed by atoms with Crippen LogP contribution in [0.2, 0.25) is 0 Å². The van der Waals surface area contributed by atoms with Crippen molar-refractivity contribution in [2.45, 2.75) is 18.2 Å². The molecule has 1 amide bonds. The Hall–Kier alpha value is -3.59. The second kappa shape index (κ2) is 9.27. The minimum Gasteiger partial charge on any atom is -0.481 e. The molecule has 3 aromatic rings. The van der Waals surface area contributed by atoms with Gasteiger partial charge in [0.1, 0.15) is 22.1 Å². The van der Waals surface area contributed by atoms with E-state index in [0.29, 0.717) is 22.7 Å². The number of nitrogens with zero attached hydrogens (tertiary/aromatic N) is 1. The Labute approximate surface area is 186 Å². The second-order valence-corrected chi connectivity index (χ2v) is 8.61. The molecule has 0 bridgehead atoms. The van der Waals surface area contributed by atoms with Crippen molar-refractivity contribution in [3.8, 4) is 5.88 Å². The van der Waals surface area contributed by atoms with E-state index < -0.39 is 22.1 Å². The zero-order valence-corrected chi connectivity index (χ0v) is 17.9. The highest BCUT2D eigenvalue weighted by molar-refractivity contribution is 7.88. The Kier molecular flexibility index (Phi) is 6.27. The average Bonchev–Trinajstić information content (AvgIpc) is 2.80. The number of carbonyl (C=O) groups excluding carboxylic acids is 2. The van der Waals surface area contributed by atoms with E-state index >= 15 is 0 Å². The Morgan fingerprint density at radius 1 is 1.19 bits per heavy atom. The van der Waals surface area contributed by atoms with Crippen LogP contribution < -0.4 is 14.8 Å². The summed E-state index contributed by atoms with van der Waals surface area (Å²) in [6.07, 6.45) is 1.72. The number of amides is 1. The molecule has 1 aromatic heterocycles. The molecule has 2 aromatic carbocycles. The molecule has 2 atom stereocenters. The maximum absolute atomic E-state index is 13.5. The van der Waals surface area contributed by atoms with Gasteiger partial charge in [-0.2, -0.15) is 0 Å². The van der Waals surface area contributed by atoms with E-state index in [1.165, 1.54) is 25.3 Å². The number of nitrogens with one attached hydrogen (secondary N) is 2. The van der Waals surface area contributed by atoms with E-state index in [2.05, 4.69) is 15.0 Å². The summed E-state index contributed by atoms with van der Waals surface area (Å²) < 4.78 is 33.9. The minimum atomic E-state index is -1.66. The Bertz CT molecular complexity index is 1200. The number of fused-ring (bicyclic) bond motifs is 1. The van der Waals surface area contributed by atoms with E-state index in [4.69, 9.17) is 4.74 Å². The van der Waals surface area contributed by atoms with Crippen molar-refractivity contribution < 1.29 is 22.9 Å². The number of carbonyl (C=O) groups is 2. The molecular formula is C23H20FN3O4S. The van der Waals surface area contributed by atoms with Crippen LogP contribution in [0.5, 0.6) is 5.88 Å². The van der Waals surface area contributed by atoms with Crippen molar-refractivity contribution in [2.24, 2.45) is 0 Å². The van der Waals surface area contributed by atoms with Gasteiger partial charge in [0.25, 0.3) is 5.91 Å². The average molecular weight is 453 g/mol. The zero-order valence-electron chi connectivity index (χ0n) is 17.1. The lowest BCUT2D eigenvalue weighted by molar-refractivity contribution is 0.0951. The number of halogens is 1. The number of benzene rings is 2. The molecule has 32 heavy (non-hydrogen) atoms. The van der Waals surface area contributed by atoms with Gasteiger partial charge in [-0.25, -0.2) is 13.6 Å². The Balaban J connectivity index is 1.49. The molecule has 4 rings (SSSR count). The molecule has 0 fully saturated rings. The first-order valence-electron chi connectivity index (χ1n) is 9.81. The number of ether oxygens (including phenoxy) is 1. The SMILES string of the molecule is COc1ccc(CNC(=O)c2ccc3c(c2)C(=O)C(Cc2cccc(F)c2)S(=O)N3)cn1. The predicted molar refractivity (Wildman–Crippen MR) is 118 cm³/mol. The summed E-state index contributed by atoms with van der Waals surface area (Å²) in [6, 6.07) is 14.0. The third kappa shape index (κ3) is 4.67. The summed E-state index contributed by atoms with van der Waals surface area (Å²) in [6.45, 7) is 0.255. The second-order valence-electron chi connectivity index (χ2n) is 7.24. The first-order valence-corrected chi connectivity index (χ1v) is 11.0. The number of rotatable bonds is 6. The van der Waals surface area contributed by atoms with Gasteiger partial charge in [-0.05, 0) is 47.9 Å². The number of pyridine rings is 1. The molecule has 2 unspecified atom stereocenters. The monoisotopic (exact) mass is 453 g/mol. The van der Waals surface area contributed by atoms with Crippen LogP contribution in [0, 0.1) is 5.82 Å². The van der Waals surface area contributed by atoms with E-state index in [0.717, 1.165) is 5.56 Å². The van der Waals surface area contributed by atoms with Gasteiger partial charge in [-0.1, -0.05) is 18.2 Å². The first-order chi connectivity index (χ1) is 15.4. The normalized spacial score (nSPS) is 17.2. The largest absolute Gasteiger partial charge is 0.481 e. The summed E-state index contributed by atoms with van der Waals surface area (Å²) in [5.41, 5.74) is 2.35. The number of hydrogen-bond donors (Lipinski definition) is 2. The maximum Gasteiger partial charge on any atom is 0.251 e. The minimum absolute atomic E-state index is 0.122. The first kappa shape index (κ1) is 21.6. The highest BCUT2D eigenvalue weighted by Gasteiger charge is 2.34. The standard InChI is InChI=1S/C23H20FN3O4S/c1-31-21-8-5-15(12-25-21)13-26-23(29)16-6-7-19-18(11-16)22(28)20(32(30)27-19)10-14-3-2-4-17(24)9-14/h2-9,11-12,20,27H,10,13H2,1H3,(H,26,29). The van der Waals surface area contributed by atoms with Crippen LogP contribution in [0.4, 0.5) is 10.1 Å². The number of Topliss-reactive ketones (excluding diaryl/α,β-unsaturated/α-hetero) is 1. The van der Waals surface area contributed by atoms with Crippen molar-refractivity contribution in [1.82, 2.24) is 10.3 Å². The Morgan fingerprint density at radius 3 is 2.75 bits per heavy atom. The third-order valence-corrected chi connectivity index (χ3v) is 6.40. The summed E-state index contributed by atoms with van der Waals surface area (Å²) >= 11 is 0. The lowest BCUT2D eigenvalue weighted by atomic mass is 9.98. The van der Waals surface area contributed by atoms with Crippen LogP contribution >= 0.6 is 0 Å². The van der Waals surface area contributed by atoms with Crippen molar-refractivity contribution in [3.05, 3.63) is 88.9 Å². The molecule has 0 radical (unpaired) electrons. The molecular weight excluding hydrogens is 433 g/mol. The summed E-state index contributed by atoms with van der Waals surface area (Å²) in [5.74, 6) is -0.651. The van der Waals surface area contributed by atoms with Gasteiger partial charge in [0.05, 0.1) is 12.8 Å². The summed E-state index contributed by atoms with van der Waals surface area (Å²) in [5, 5.41) is 1.91. The molecule has 2 heterocycles. The van der Waals surface area contributed by atoms with Gasteiger partial charge >= 0.3 is 0 Å². The van der Waals surface area contributed by atoms with E-state index in [1.807, 2.05) is 0 Å². The molecule has 1 aliphatic rings. The maximum atomic E-state index is 13.5. The lowest BCUT2D eigenvalue weighted by Crippen LogP contribution is -2.37. The molecule has 164 valence electrons. The fraction of sp³-hybridized carbons (Fsp3) is 0.174. The zero-order chi connectivity index (χ0) is 22.7. The summed E-state index contributed by atoms with van der Waals surface area (Å²) in [7, 11) is -0.143. The molecule has 2 N–H and O–H groups in total. The number of hydrogen-bond acceptors (Lipinski definition) is 5. The van der Waals surface area contributed by atoms with E-state index in [-0.39, 0.29) is 30.2 Å². The number of ketones is 1. The number of methoxy groups -OCH3 is 1. The van der Waals surface area contributed by atoms with Crippen LogP contribution in [-0.2, 0) is 24.0 Å². The highest BCUT2D eigenvalue weighted by atomic mass is 32.2. The molecule has 0 aliphatic carbocycles. The quantitative estimate of drug-likeness (QED) is 0.598. The smallest absolute Gasteiger partial charge is 0.251 e. The van der Waals surface area contributed by atoms with Gasteiger partial charge in [-0.3, -0.25) is 9.59 Å². The third-order valence-electron chi connectivity index (χ3n) is 5.08. The van der Waals surface area contributed by atoms with Crippen LogP contribution in [0.15, 0.2) is 60.8 Å². The fourth-order valence-corrected chi connectivity index (χ4v) is 4.60. The van der Waals surface area contributed by atoms with Gasteiger partial charge in [-0.15, -0.1) is 0 Å². The highest BCUT2D eigenvalue weighted by Crippen LogP contribution is 2.28. The van der Waals surface area contributed by atoms with Crippen molar-refractivity contribution >= 4 is 28.4 Å². The van der Waals surface area contributed by atoms with Crippen molar-refractivity contribution in [2.75, 3.05) is 11.8 Å². The van der Waals surface area contributed by atoms with Gasteiger partial charge in [0.2, 0.25) is 5.88 Å². The molecule has 0 saturated heterocycles. The topological polar surface area (TPSA) is 97.4 Å². The lowest BCUT2D eigenvalue weighted by Gasteiger charge is -2.24. The van der Waals surface area contributed by atoms with Crippen LogP contribution in [0.3, 0.4) is 0 Å². The molecule has 0 saturated carbocycles. The van der Waals surface area contributed by atoms with Crippen LogP contribution in [-0.4, -0.2) is 33.2 Å². The summed E-state index contributed by atoms with van der Waals surface area (Å²) in [4.78, 5) is 29.8. The molecule has 0 spiro atoms. The van der Waals surface area contributed by atoms with Crippen molar-refractivity contribution in [3.63, 3.8) is 0 Å². The Morgan fingerprint density at radius 2 is 2.03 bits per heavy atom.